The molecule has 0 aliphatic carbocycles. The van der Waals surface area contributed by atoms with E-state index in [1.165, 1.54) is 0 Å². The van der Waals surface area contributed by atoms with Crippen molar-refractivity contribution in [2.24, 2.45) is 5.92 Å². The van der Waals surface area contributed by atoms with Crippen molar-refractivity contribution in [2.75, 3.05) is 18.4 Å². The van der Waals surface area contributed by atoms with Crippen molar-refractivity contribution in [1.29, 1.82) is 0 Å². The number of anilines is 1. The Balaban J connectivity index is 1.41. The van der Waals surface area contributed by atoms with E-state index in [-0.39, 0.29) is 11.9 Å². The third-order valence-corrected chi connectivity index (χ3v) is 6.78. The van der Waals surface area contributed by atoms with Gasteiger partial charge in [-0.1, -0.05) is 30.2 Å². The topological polar surface area (TPSA) is 76.2 Å². The summed E-state index contributed by atoms with van der Waals surface area (Å²) in [5, 5.41) is 8.47. The number of hydrogen-bond acceptors (Lipinski definition) is 5. The largest absolute Gasteiger partial charge is 0.424 e. The Morgan fingerprint density at radius 2 is 2.06 bits per heavy atom. The monoisotopic (exact) mass is 477 g/mol. The summed E-state index contributed by atoms with van der Waals surface area (Å²) in [7, 11) is 0. The first-order valence-electron chi connectivity index (χ1n) is 11.6. The van der Waals surface area contributed by atoms with Crippen molar-refractivity contribution in [3.05, 3.63) is 70.5 Å². The molecule has 4 aromatic rings. The maximum absolute atomic E-state index is 13.9. The fraction of sp³-hybridized carbons (Fsp3) is 0.346. The van der Waals surface area contributed by atoms with Crippen LogP contribution in [0.1, 0.15) is 41.4 Å². The first-order chi connectivity index (χ1) is 16.4. The zero-order valence-corrected chi connectivity index (χ0v) is 20.3. The molecule has 0 spiro atoms. The Kier molecular flexibility index (Phi) is 6.04. The molecule has 7 nitrogen and oxygen atoms in total. The summed E-state index contributed by atoms with van der Waals surface area (Å²) in [5.74, 6) is 0.360. The zero-order valence-electron chi connectivity index (χ0n) is 19.6. The lowest BCUT2D eigenvalue weighted by Crippen LogP contribution is -2.51. The molecular weight excluding hydrogens is 450 g/mol. The van der Waals surface area contributed by atoms with Crippen LogP contribution in [-0.2, 0) is 0 Å². The van der Waals surface area contributed by atoms with E-state index in [1.807, 2.05) is 55.3 Å². The van der Waals surface area contributed by atoms with Crippen molar-refractivity contribution in [2.45, 2.75) is 39.7 Å². The number of fused-ring (bicyclic) bond motifs is 1. The number of nitrogens with one attached hydrogen (secondary N) is 1. The summed E-state index contributed by atoms with van der Waals surface area (Å²) >= 11 is 6.08. The number of amides is 1. The lowest BCUT2D eigenvalue weighted by molar-refractivity contribution is 0.0539. The number of likely N-dealkylation sites (tertiary alicyclic amines) is 1. The number of oxazole rings is 1. The number of carbonyl (C=O) groups is 1. The summed E-state index contributed by atoms with van der Waals surface area (Å²) in [6.07, 6.45) is 3.94. The fourth-order valence-corrected chi connectivity index (χ4v) is 4.87. The molecule has 2 aromatic heterocycles. The molecule has 0 radical (unpaired) electrons. The molecule has 1 aliphatic heterocycles. The molecule has 5 rings (SSSR count). The molecule has 0 bridgehead atoms. The first-order valence-corrected chi connectivity index (χ1v) is 12.0. The van der Waals surface area contributed by atoms with Crippen LogP contribution < -0.4 is 5.32 Å². The van der Waals surface area contributed by atoms with Gasteiger partial charge in [0.15, 0.2) is 5.58 Å². The quantitative estimate of drug-likeness (QED) is 0.402. The molecule has 1 saturated heterocycles. The van der Waals surface area contributed by atoms with Gasteiger partial charge in [-0.3, -0.25) is 4.79 Å². The van der Waals surface area contributed by atoms with Gasteiger partial charge in [0.1, 0.15) is 5.52 Å². The van der Waals surface area contributed by atoms with Gasteiger partial charge in [-0.15, -0.1) is 0 Å². The summed E-state index contributed by atoms with van der Waals surface area (Å²) in [4.78, 5) is 20.4. The minimum Gasteiger partial charge on any atom is -0.424 e. The highest BCUT2D eigenvalue weighted by Crippen LogP contribution is 2.28. The van der Waals surface area contributed by atoms with Crippen molar-refractivity contribution >= 4 is 34.6 Å². The molecule has 176 valence electrons. The average molecular weight is 478 g/mol. The molecule has 34 heavy (non-hydrogen) atoms. The van der Waals surface area contributed by atoms with Gasteiger partial charge >= 0.3 is 0 Å². The Morgan fingerprint density at radius 3 is 2.85 bits per heavy atom. The van der Waals surface area contributed by atoms with Gasteiger partial charge in [-0.25, -0.2) is 4.68 Å². The SMILES string of the molecule is Cc1ccc(-n2ccc(C)n2)c(C(=O)N2CCC[C@@H](C)C2CNc2nc3cc(Cl)ccc3o2)c1. The van der Waals surface area contributed by atoms with Crippen molar-refractivity contribution < 1.29 is 9.21 Å². The van der Waals surface area contributed by atoms with E-state index in [0.29, 0.717) is 46.7 Å². The number of halogens is 1. The van der Waals surface area contributed by atoms with Crippen LogP contribution in [0.15, 0.2) is 53.1 Å². The predicted octanol–water partition coefficient (Wildman–Crippen LogP) is 5.64. The highest BCUT2D eigenvalue weighted by atomic mass is 35.5. The molecule has 8 heteroatoms. The van der Waals surface area contributed by atoms with Gasteiger partial charge in [0, 0.05) is 24.3 Å². The molecule has 1 fully saturated rings. The van der Waals surface area contributed by atoms with Crippen LogP contribution in [0.3, 0.4) is 0 Å². The number of aromatic nitrogens is 3. The number of carbonyl (C=O) groups excluding carboxylic acids is 1. The molecule has 1 amide bonds. The van der Waals surface area contributed by atoms with E-state index < -0.39 is 0 Å². The van der Waals surface area contributed by atoms with Crippen LogP contribution in [0, 0.1) is 19.8 Å². The minimum absolute atomic E-state index is 0.00701. The number of piperidine rings is 1. The maximum Gasteiger partial charge on any atom is 0.295 e. The van der Waals surface area contributed by atoms with Crippen LogP contribution >= 0.6 is 11.6 Å². The fourth-order valence-electron chi connectivity index (χ4n) is 4.71. The lowest BCUT2D eigenvalue weighted by atomic mass is 9.90. The van der Waals surface area contributed by atoms with E-state index in [2.05, 4.69) is 22.3 Å². The molecule has 2 atom stereocenters. The Labute approximate surface area is 203 Å². The van der Waals surface area contributed by atoms with Gasteiger partial charge in [-0.2, -0.15) is 10.1 Å². The Hall–Kier alpha value is -3.32. The van der Waals surface area contributed by atoms with Crippen LogP contribution in [0.2, 0.25) is 5.02 Å². The maximum atomic E-state index is 13.9. The van der Waals surface area contributed by atoms with Crippen molar-refractivity contribution in [3.8, 4) is 5.69 Å². The van der Waals surface area contributed by atoms with E-state index >= 15 is 0 Å². The second-order valence-electron chi connectivity index (χ2n) is 9.12. The van der Waals surface area contributed by atoms with Gasteiger partial charge in [-0.05, 0) is 69.0 Å². The standard InChI is InChI=1S/C26H28ClN5O2/c1-16-6-8-22(32-12-10-18(3)30-32)20(13-16)25(33)31-11-4-5-17(2)23(31)15-28-26-29-21-14-19(27)7-9-24(21)34-26/h6-10,12-14,17,23H,4-5,11,15H2,1-3H3,(H,28,29)/t17-,23?/m1/s1. The molecule has 2 aromatic carbocycles. The highest BCUT2D eigenvalue weighted by molar-refractivity contribution is 6.31. The first kappa shape index (κ1) is 22.5. The Morgan fingerprint density at radius 1 is 1.21 bits per heavy atom. The zero-order chi connectivity index (χ0) is 23.8. The van der Waals surface area contributed by atoms with Gasteiger partial charge < -0.3 is 14.6 Å². The number of aryl methyl sites for hydroxylation is 2. The summed E-state index contributed by atoms with van der Waals surface area (Å²) in [6.45, 7) is 7.41. The second kappa shape index (κ2) is 9.14. The summed E-state index contributed by atoms with van der Waals surface area (Å²) < 4.78 is 7.61. The molecule has 0 saturated carbocycles. The van der Waals surface area contributed by atoms with Crippen molar-refractivity contribution in [3.63, 3.8) is 0 Å². The van der Waals surface area contributed by atoms with E-state index in [0.717, 1.165) is 29.8 Å². The summed E-state index contributed by atoms with van der Waals surface area (Å²) in [6, 6.07) is 13.7. The number of benzene rings is 2. The second-order valence-corrected chi connectivity index (χ2v) is 9.56. The minimum atomic E-state index is 0.00701. The van der Waals surface area contributed by atoms with Crippen LogP contribution in [0.4, 0.5) is 6.01 Å². The van der Waals surface area contributed by atoms with E-state index in [4.69, 9.17) is 16.0 Å². The van der Waals surface area contributed by atoms with Crippen LogP contribution in [0.25, 0.3) is 16.8 Å². The van der Waals surface area contributed by atoms with Crippen LogP contribution in [0.5, 0.6) is 0 Å². The molecule has 1 aliphatic rings. The normalized spacial score (nSPS) is 18.4. The van der Waals surface area contributed by atoms with E-state index in [9.17, 15) is 4.79 Å². The molecule has 3 heterocycles. The summed E-state index contributed by atoms with van der Waals surface area (Å²) in [5.41, 5.74) is 4.80. The number of nitrogens with zero attached hydrogens (tertiary/aromatic N) is 4. The number of rotatable bonds is 5. The molecular formula is C26H28ClN5O2. The van der Waals surface area contributed by atoms with Gasteiger partial charge in [0.05, 0.1) is 23.0 Å². The average Bonchev–Trinajstić information content (AvgIpc) is 3.43. The van der Waals surface area contributed by atoms with E-state index in [1.54, 1.807) is 16.8 Å². The highest BCUT2D eigenvalue weighted by Gasteiger charge is 2.33. The lowest BCUT2D eigenvalue weighted by Gasteiger charge is -2.40. The predicted molar refractivity (Wildman–Crippen MR) is 134 cm³/mol. The smallest absolute Gasteiger partial charge is 0.295 e. The third-order valence-electron chi connectivity index (χ3n) is 6.54. The van der Waals surface area contributed by atoms with Crippen LogP contribution in [-0.4, -0.2) is 44.7 Å². The number of hydrogen-bond donors (Lipinski definition) is 1. The van der Waals surface area contributed by atoms with Crippen molar-refractivity contribution in [1.82, 2.24) is 19.7 Å². The van der Waals surface area contributed by atoms with Gasteiger partial charge in [0.2, 0.25) is 0 Å². The molecule has 1 unspecified atom stereocenters. The molecule has 1 N–H and O–H groups in total. The van der Waals surface area contributed by atoms with Gasteiger partial charge in [0.25, 0.3) is 11.9 Å². The Bertz CT molecular complexity index is 1340. The third kappa shape index (κ3) is 4.40.